The van der Waals surface area contributed by atoms with Crippen molar-refractivity contribution in [1.82, 2.24) is 9.88 Å². The van der Waals surface area contributed by atoms with E-state index in [0.717, 1.165) is 10.6 Å². The molecule has 0 bridgehead atoms. The van der Waals surface area contributed by atoms with E-state index in [1.165, 1.54) is 18.4 Å². The lowest BCUT2D eigenvalue weighted by molar-refractivity contribution is 0.0597. The minimum Gasteiger partial charge on any atom is -0.465 e. The van der Waals surface area contributed by atoms with Crippen molar-refractivity contribution in [3.63, 3.8) is 0 Å². The summed E-state index contributed by atoms with van der Waals surface area (Å²) in [7, 11) is 1.27. The number of nitrogens with zero attached hydrogens (tertiary/aromatic N) is 2. The van der Waals surface area contributed by atoms with Crippen molar-refractivity contribution < 1.29 is 19.1 Å². The van der Waals surface area contributed by atoms with Crippen LogP contribution in [0, 0.1) is 0 Å². The number of amides is 2. The number of aromatic nitrogens is 1. The normalized spacial score (nSPS) is 12.8. The summed E-state index contributed by atoms with van der Waals surface area (Å²) in [6.45, 7) is 1.03. The Kier molecular flexibility index (Phi) is 5.58. The molecular formula is C22H19N3O4S. The minimum absolute atomic E-state index is 0.0211. The van der Waals surface area contributed by atoms with Crippen LogP contribution in [0.1, 0.15) is 41.6 Å². The number of hydrogen-bond acceptors (Lipinski definition) is 6. The van der Waals surface area contributed by atoms with Crippen LogP contribution in [0.4, 0.5) is 5.13 Å². The highest BCUT2D eigenvalue weighted by Gasteiger charge is 2.26. The predicted octanol–water partition coefficient (Wildman–Crippen LogP) is 3.38. The number of carbonyl (C=O) groups is 3. The van der Waals surface area contributed by atoms with Gasteiger partial charge in [0.25, 0.3) is 11.8 Å². The maximum atomic E-state index is 12.7. The first-order valence-electron chi connectivity index (χ1n) is 9.38. The Morgan fingerprint density at radius 1 is 1.03 bits per heavy atom. The van der Waals surface area contributed by atoms with Gasteiger partial charge in [-0.25, -0.2) is 9.78 Å². The summed E-state index contributed by atoms with van der Waals surface area (Å²) in [5, 5.41) is 3.21. The molecule has 2 aromatic carbocycles. The Hall–Kier alpha value is -3.52. The second kappa shape index (κ2) is 8.46. The Labute approximate surface area is 177 Å². The van der Waals surface area contributed by atoms with Gasteiger partial charge >= 0.3 is 5.97 Å². The number of benzene rings is 2. The quantitative estimate of drug-likeness (QED) is 0.653. The van der Waals surface area contributed by atoms with Crippen LogP contribution in [-0.4, -0.2) is 41.3 Å². The van der Waals surface area contributed by atoms with Gasteiger partial charge in [-0.3, -0.25) is 14.9 Å². The number of thiazole rings is 1. The average Bonchev–Trinajstić information content (AvgIpc) is 3.20. The molecule has 1 aliphatic heterocycles. The van der Waals surface area contributed by atoms with Crippen molar-refractivity contribution in [1.29, 1.82) is 0 Å². The summed E-state index contributed by atoms with van der Waals surface area (Å²) in [6.07, 6.45) is 0.624. The lowest BCUT2D eigenvalue weighted by atomic mass is 10.1. The molecule has 0 spiro atoms. The van der Waals surface area contributed by atoms with Crippen molar-refractivity contribution in [2.75, 3.05) is 19.0 Å². The molecule has 0 aliphatic carbocycles. The number of anilines is 1. The van der Waals surface area contributed by atoms with Crippen molar-refractivity contribution in [2.45, 2.75) is 13.0 Å². The molecular weight excluding hydrogens is 402 g/mol. The van der Waals surface area contributed by atoms with Crippen molar-refractivity contribution in [3.8, 4) is 0 Å². The molecule has 1 aliphatic rings. The van der Waals surface area contributed by atoms with Gasteiger partial charge in [0.15, 0.2) is 5.13 Å². The van der Waals surface area contributed by atoms with Crippen molar-refractivity contribution in [2.24, 2.45) is 0 Å². The molecule has 2 amide bonds. The number of esters is 1. The molecule has 0 saturated carbocycles. The van der Waals surface area contributed by atoms with Gasteiger partial charge in [-0.15, -0.1) is 0 Å². The van der Waals surface area contributed by atoms with E-state index >= 15 is 0 Å². The van der Waals surface area contributed by atoms with E-state index in [-0.39, 0.29) is 17.0 Å². The summed E-state index contributed by atoms with van der Waals surface area (Å²) in [4.78, 5) is 44.6. The summed E-state index contributed by atoms with van der Waals surface area (Å²) < 4.78 is 4.74. The highest BCUT2D eigenvalue weighted by molar-refractivity contribution is 7.15. The predicted molar refractivity (Wildman–Crippen MR) is 113 cm³/mol. The fourth-order valence-electron chi connectivity index (χ4n) is 3.32. The monoisotopic (exact) mass is 421 g/mol. The van der Waals surface area contributed by atoms with Crippen LogP contribution in [0.25, 0.3) is 0 Å². The molecule has 152 valence electrons. The van der Waals surface area contributed by atoms with Crippen LogP contribution in [0.15, 0.2) is 54.6 Å². The molecule has 0 saturated heterocycles. The number of carbonyl (C=O) groups excluding carboxylic acids is 3. The molecule has 3 aromatic rings. The highest BCUT2D eigenvalue weighted by atomic mass is 32.1. The summed E-state index contributed by atoms with van der Waals surface area (Å²) >= 11 is 1.34. The van der Waals surface area contributed by atoms with Crippen LogP contribution in [-0.2, 0) is 17.7 Å². The Morgan fingerprint density at radius 3 is 2.47 bits per heavy atom. The zero-order valence-corrected chi connectivity index (χ0v) is 17.1. The van der Waals surface area contributed by atoms with E-state index in [1.807, 2.05) is 18.2 Å². The molecule has 30 heavy (non-hydrogen) atoms. The first-order chi connectivity index (χ1) is 14.6. The van der Waals surface area contributed by atoms with E-state index in [1.54, 1.807) is 41.3 Å². The number of fused-ring (bicyclic) bond motifs is 1. The minimum atomic E-state index is -0.575. The molecule has 0 atom stereocenters. The van der Waals surface area contributed by atoms with Gasteiger partial charge in [-0.2, -0.15) is 0 Å². The molecule has 7 nitrogen and oxygen atoms in total. The van der Waals surface area contributed by atoms with Gasteiger partial charge in [0.2, 0.25) is 0 Å². The standard InChI is InChI=1S/C22H19N3O4S/c1-29-21(28)16-10-6-5-9-15(16)19(26)24-22-23-17-11-12-25(13-18(17)30-22)20(27)14-7-3-2-4-8-14/h2-10H,11-13H2,1H3,(H,23,24,26). The second-order valence-corrected chi connectivity index (χ2v) is 7.81. The summed E-state index contributed by atoms with van der Waals surface area (Å²) in [5.41, 5.74) is 1.95. The zero-order valence-electron chi connectivity index (χ0n) is 16.3. The second-order valence-electron chi connectivity index (χ2n) is 6.72. The van der Waals surface area contributed by atoms with Gasteiger partial charge in [0, 0.05) is 23.4 Å². The molecule has 0 unspecified atom stereocenters. The van der Waals surface area contributed by atoms with Crippen LogP contribution in [0.3, 0.4) is 0 Å². The molecule has 2 heterocycles. The molecule has 4 rings (SSSR count). The number of rotatable bonds is 4. The lowest BCUT2D eigenvalue weighted by Gasteiger charge is -2.26. The largest absolute Gasteiger partial charge is 0.465 e. The van der Waals surface area contributed by atoms with Crippen LogP contribution in [0.2, 0.25) is 0 Å². The van der Waals surface area contributed by atoms with Crippen LogP contribution < -0.4 is 5.32 Å². The Morgan fingerprint density at radius 2 is 1.73 bits per heavy atom. The zero-order chi connectivity index (χ0) is 21.1. The first kappa shape index (κ1) is 19.8. The number of ether oxygens (including phenoxy) is 1. The summed E-state index contributed by atoms with van der Waals surface area (Å²) in [5.74, 6) is -1.03. The van der Waals surface area contributed by atoms with E-state index in [2.05, 4.69) is 10.3 Å². The van der Waals surface area contributed by atoms with Crippen LogP contribution in [0.5, 0.6) is 0 Å². The smallest absolute Gasteiger partial charge is 0.338 e. The van der Waals surface area contributed by atoms with Crippen LogP contribution >= 0.6 is 11.3 Å². The summed E-state index contributed by atoms with van der Waals surface area (Å²) in [6, 6.07) is 15.6. The van der Waals surface area contributed by atoms with E-state index < -0.39 is 11.9 Å². The SMILES string of the molecule is COC(=O)c1ccccc1C(=O)Nc1nc2c(s1)CN(C(=O)c1ccccc1)CC2. The van der Waals surface area contributed by atoms with E-state index in [4.69, 9.17) is 4.74 Å². The maximum absolute atomic E-state index is 12.7. The van der Waals surface area contributed by atoms with Gasteiger partial charge in [0.1, 0.15) is 0 Å². The van der Waals surface area contributed by atoms with Gasteiger partial charge in [-0.1, -0.05) is 41.7 Å². The van der Waals surface area contributed by atoms with Crippen molar-refractivity contribution >= 4 is 34.3 Å². The van der Waals surface area contributed by atoms with Gasteiger partial charge in [0.05, 0.1) is 30.5 Å². The fraction of sp³-hybridized carbons (Fsp3) is 0.182. The third-order valence-corrected chi connectivity index (χ3v) is 5.83. The number of hydrogen-bond donors (Lipinski definition) is 1. The Balaban J connectivity index is 1.49. The Bertz CT molecular complexity index is 1110. The molecule has 8 heteroatoms. The molecule has 1 aromatic heterocycles. The average molecular weight is 421 g/mol. The van der Waals surface area contributed by atoms with Crippen molar-refractivity contribution in [3.05, 3.63) is 81.9 Å². The first-order valence-corrected chi connectivity index (χ1v) is 10.2. The van der Waals surface area contributed by atoms with E-state index in [0.29, 0.717) is 30.2 Å². The maximum Gasteiger partial charge on any atom is 0.338 e. The number of nitrogens with one attached hydrogen (secondary N) is 1. The molecule has 1 N–H and O–H groups in total. The third kappa shape index (κ3) is 3.95. The molecule has 0 fully saturated rings. The third-order valence-electron chi connectivity index (χ3n) is 4.84. The fourth-order valence-corrected chi connectivity index (χ4v) is 4.34. The number of methoxy groups -OCH3 is 1. The van der Waals surface area contributed by atoms with Gasteiger partial charge < -0.3 is 9.64 Å². The highest BCUT2D eigenvalue weighted by Crippen LogP contribution is 2.29. The van der Waals surface area contributed by atoms with E-state index in [9.17, 15) is 14.4 Å². The molecule has 0 radical (unpaired) electrons. The lowest BCUT2D eigenvalue weighted by Crippen LogP contribution is -2.35. The van der Waals surface area contributed by atoms with Gasteiger partial charge in [-0.05, 0) is 24.3 Å². The topological polar surface area (TPSA) is 88.6 Å².